The van der Waals surface area contributed by atoms with Gasteiger partial charge in [-0.3, -0.25) is 4.79 Å². The second-order valence-corrected chi connectivity index (χ2v) is 4.37. The minimum absolute atomic E-state index is 0.197. The fraction of sp³-hybridized carbons (Fsp3) is 0.467. The van der Waals surface area contributed by atoms with Crippen LogP contribution in [-0.4, -0.2) is 25.5 Å². The van der Waals surface area contributed by atoms with E-state index >= 15 is 0 Å². The van der Waals surface area contributed by atoms with Crippen LogP contribution in [0, 0.1) is 0 Å². The molecular weight excluding hydrogens is 244 g/mol. The molecule has 1 aromatic carbocycles. The van der Waals surface area contributed by atoms with Crippen LogP contribution in [0.15, 0.2) is 24.3 Å². The Morgan fingerprint density at radius 3 is 2.37 bits per heavy atom. The Morgan fingerprint density at radius 2 is 1.79 bits per heavy atom. The van der Waals surface area contributed by atoms with Crippen LogP contribution in [0.4, 0.5) is 0 Å². The number of hydrogen-bond acceptors (Lipinski definition) is 4. The fourth-order valence-electron chi connectivity index (χ4n) is 1.58. The van der Waals surface area contributed by atoms with Crippen molar-refractivity contribution in [3.8, 4) is 5.75 Å². The highest BCUT2D eigenvalue weighted by atomic mass is 16.5. The molecule has 0 aliphatic rings. The fourth-order valence-corrected chi connectivity index (χ4v) is 1.58. The van der Waals surface area contributed by atoms with E-state index in [2.05, 4.69) is 4.74 Å². The maximum Gasteiger partial charge on any atom is 0.305 e. The first-order valence-electron chi connectivity index (χ1n) is 6.40. The molecule has 0 saturated carbocycles. The first-order chi connectivity index (χ1) is 9.11. The van der Waals surface area contributed by atoms with Crippen LogP contribution >= 0.6 is 0 Å². The summed E-state index contributed by atoms with van der Waals surface area (Å²) in [7, 11) is 1.38. The number of esters is 1. The summed E-state index contributed by atoms with van der Waals surface area (Å²) in [6.45, 7) is 2.08. The van der Waals surface area contributed by atoms with Gasteiger partial charge in [-0.25, -0.2) is 0 Å². The molecule has 0 heterocycles. The Hall–Kier alpha value is -1.84. The van der Waals surface area contributed by atoms with Gasteiger partial charge < -0.3 is 14.3 Å². The molecule has 0 radical (unpaired) electrons. The van der Waals surface area contributed by atoms with Crippen molar-refractivity contribution in [2.45, 2.75) is 32.6 Å². The Kier molecular flexibility index (Phi) is 6.64. The molecule has 4 nitrogen and oxygen atoms in total. The van der Waals surface area contributed by atoms with Crippen molar-refractivity contribution in [2.24, 2.45) is 0 Å². The minimum atomic E-state index is -0.219. The van der Waals surface area contributed by atoms with Crippen molar-refractivity contribution in [3.63, 3.8) is 0 Å². The predicted molar refractivity (Wildman–Crippen MR) is 72.2 cm³/mol. The number of rotatable bonds is 8. The summed E-state index contributed by atoms with van der Waals surface area (Å²) in [5.74, 6) is 0.753. The van der Waals surface area contributed by atoms with Crippen LogP contribution in [0.25, 0.3) is 0 Å². The van der Waals surface area contributed by atoms with Gasteiger partial charge in [-0.2, -0.15) is 0 Å². The molecule has 0 aliphatic carbocycles. The maximum absolute atomic E-state index is 10.9. The minimum Gasteiger partial charge on any atom is -0.494 e. The lowest BCUT2D eigenvalue weighted by Gasteiger charge is -2.06. The van der Waals surface area contributed by atoms with Gasteiger partial charge in [-0.15, -0.1) is 0 Å². The van der Waals surface area contributed by atoms with Crippen molar-refractivity contribution in [3.05, 3.63) is 29.8 Å². The maximum atomic E-state index is 10.9. The smallest absolute Gasteiger partial charge is 0.305 e. The van der Waals surface area contributed by atoms with Gasteiger partial charge >= 0.3 is 5.97 Å². The summed E-state index contributed by atoms with van der Waals surface area (Å²) in [6, 6.07) is 7.68. The van der Waals surface area contributed by atoms with E-state index in [1.165, 1.54) is 7.11 Å². The lowest BCUT2D eigenvalue weighted by molar-refractivity contribution is -0.140. The van der Waals surface area contributed by atoms with E-state index in [-0.39, 0.29) is 11.8 Å². The first kappa shape index (κ1) is 15.2. The molecule has 104 valence electrons. The normalized spacial score (nSPS) is 10.0. The summed E-state index contributed by atoms with van der Waals surface area (Å²) in [4.78, 5) is 21.8. The van der Waals surface area contributed by atoms with Gasteiger partial charge in [0.25, 0.3) is 0 Å². The van der Waals surface area contributed by atoms with Gasteiger partial charge in [0, 0.05) is 12.8 Å². The lowest BCUT2D eigenvalue weighted by atomic mass is 10.1. The largest absolute Gasteiger partial charge is 0.494 e. The Balaban J connectivity index is 2.28. The van der Waals surface area contributed by atoms with E-state index in [0.29, 0.717) is 25.9 Å². The number of Topliss-reactive ketones (excluding diaryl/α,β-unsaturated/α-hetero) is 1. The van der Waals surface area contributed by atoms with E-state index in [4.69, 9.17) is 4.74 Å². The summed E-state index contributed by atoms with van der Waals surface area (Å²) >= 11 is 0. The predicted octanol–water partition coefficient (Wildman–Crippen LogP) is 2.54. The number of methoxy groups -OCH3 is 1. The van der Waals surface area contributed by atoms with Gasteiger partial charge in [0.2, 0.25) is 0 Å². The molecule has 19 heavy (non-hydrogen) atoms. The Bertz CT molecular complexity index is 409. The third-order valence-electron chi connectivity index (χ3n) is 2.71. The molecular formula is C15H20O4. The monoisotopic (exact) mass is 264 g/mol. The molecule has 0 bridgehead atoms. The summed E-state index contributed by atoms with van der Waals surface area (Å²) in [5.41, 5.74) is 1.12. The van der Waals surface area contributed by atoms with E-state index in [9.17, 15) is 9.59 Å². The summed E-state index contributed by atoms with van der Waals surface area (Å²) in [5, 5.41) is 0. The SMILES string of the molecule is COC(=O)CCCOc1ccc(CCC(C)=O)cc1. The number of carbonyl (C=O) groups excluding carboxylic acids is 2. The van der Waals surface area contributed by atoms with Gasteiger partial charge in [0.15, 0.2) is 0 Å². The number of carbonyl (C=O) groups is 2. The second-order valence-electron chi connectivity index (χ2n) is 4.37. The molecule has 0 fully saturated rings. The number of ketones is 1. The number of benzene rings is 1. The average Bonchev–Trinajstić information content (AvgIpc) is 2.42. The van der Waals surface area contributed by atoms with Crippen molar-refractivity contribution < 1.29 is 19.1 Å². The van der Waals surface area contributed by atoms with Crippen LogP contribution in [0.3, 0.4) is 0 Å². The zero-order valence-electron chi connectivity index (χ0n) is 11.5. The topological polar surface area (TPSA) is 52.6 Å². The zero-order chi connectivity index (χ0) is 14.1. The number of hydrogen-bond donors (Lipinski definition) is 0. The van der Waals surface area contributed by atoms with Crippen LogP contribution in [-0.2, 0) is 20.7 Å². The Morgan fingerprint density at radius 1 is 1.11 bits per heavy atom. The molecule has 0 aromatic heterocycles. The van der Waals surface area contributed by atoms with E-state index in [1.54, 1.807) is 6.92 Å². The van der Waals surface area contributed by atoms with Crippen molar-refractivity contribution in [2.75, 3.05) is 13.7 Å². The molecule has 0 spiro atoms. The van der Waals surface area contributed by atoms with Crippen LogP contribution < -0.4 is 4.74 Å². The molecule has 0 aliphatic heterocycles. The van der Waals surface area contributed by atoms with E-state index in [1.807, 2.05) is 24.3 Å². The molecule has 0 N–H and O–H groups in total. The number of aryl methyl sites for hydroxylation is 1. The van der Waals surface area contributed by atoms with Crippen molar-refractivity contribution in [1.29, 1.82) is 0 Å². The van der Waals surface area contributed by atoms with Gasteiger partial charge in [0.1, 0.15) is 11.5 Å². The van der Waals surface area contributed by atoms with E-state index < -0.39 is 0 Å². The zero-order valence-corrected chi connectivity index (χ0v) is 11.5. The second kappa shape index (κ2) is 8.29. The highest BCUT2D eigenvalue weighted by Crippen LogP contribution is 2.14. The van der Waals surface area contributed by atoms with Gasteiger partial charge in [-0.1, -0.05) is 12.1 Å². The summed E-state index contributed by atoms with van der Waals surface area (Å²) < 4.78 is 10.0. The van der Waals surface area contributed by atoms with E-state index in [0.717, 1.165) is 17.7 Å². The molecule has 0 saturated heterocycles. The van der Waals surface area contributed by atoms with Crippen LogP contribution in [0.2, 0.25) is 0 Å². The van der Waals surface area contributed by atoms with Gasteiger partial charge in [0.05, 0.1) is 13.7 Å². The van der Waals surface area contributed by atoms with Crippen molar-refractivity contribution in [1.82, 2.24) is 0 Å². The molecule has 0 atom stereocenters. The molecule has 1 rings (SSSR count). The standard InChI is InChI=1S/C15H20O4/c1-12(16)5-6-13-7-9-14(10-8-13)19-11-3-4-15(17)18-2/h7-10H,3-6,11H2,1-2H3. The average molecular weight is 264 g/mol. The van der Waals surface area contributed by atoms with Crippen LogP contribution in [0.5, 0.6) is 5.75 Å². The quantitative estimate of drug-likeness (QED) is 0.535. The third kappa shape index (κ3) is 6.60. The van der Waals surface area contributed by atoms with Crippen LogP contribution in [0.1, 0.15) is 31.7 Å². The first-order valence-corrected chi connectivity index (χ1v) is 6.40. The number of ether oxygens (including phenoxy) is 2. The van der Waals surface area contributed by atoms with Crippen molar-refractivity contribution >= 4 is 11.8 Å². The lowest BCUT2D eigenvalue weighted by Crippen LogP contribution is -2.04. The summed E-state index contributed by atoms with van der Waals surface area (Å²) in [6.07, 6.45) is 2.34. The molecule has 0 unspecified atom stereocenters. The Labute approximate surface area is 113 Å². The highest BCUT2D eigenvalue weighted by molar-refractivity contribution is 5.75. The van der Waals surface area contributed by atoms with Gasteiger partial charge in [-0.05, 0) is 37.5 Å². The molecule has 4 heteroatoms. The highest BCUT2D eigenvalue weighted by Gasteiger charge is 2.01. The molecule has 1 aromatic rings. The third-order valence-corrected chi connectivity index (χ3v) is 2.71. The molecule has 0 amide bonds.